The maximum absolute atomic E-state index is 11.9. The van der Waals surface area contributed by atoms with Gasteiger partial charge in [-0.25, -0.2) is 0 Å². The fourth-order valence-corrected chi connectivity index (χ4v) is 3.15. The van der Waals surface area contributed by atoms with Crippen LogP contribution >= 0.6 is 34.2 Å². The number of rotatable bonds is 3. The molecule has 0 aliphatic carbocycles. The lowest BCUT2D eigenvalue weighted by Gasteiger charge is -2.22. The number of halogens is 2. The van der Waals surface area contributed by atoms with E-state index in [4.69, 9.17) is 11.6 Å². The number of hydrogen-bond acceptors (Lipinski definition) is 2. The van der Waals surface area contributed by atoms with Crippen molar-refractivity contribution in [2.24, 2.45) is 5.92 Å². The molecule has 5 heteroatoms. The maximum Gasteiger partial charge on any atom is 0.224 e. The molecule has 1 aromatic rings. The zero-order valence-corrected chi connectivity index (χ0v) is 12.9. The normalized spacial score (nSPS) is 16.6. The summed E-state index contributed by atoms with van der Waals surface area (Å²) in [6, 6.07) is 5.50. The molecular formula is C13H16ClIN2O. The van der Waals surface area contributed by atoms with Crippen LogP contribution in [0.1, 0.15) is 19.3 Å². The van der Waals surface area contributed by atoms with E-state index < -0.39 is 0 Å². The molecule has 3 nitrogen and oxygen atoms in total. The predicted octanol–water partition coefficient (Wildman–Crippen LogP) is 3.27. The Labute approximate surface area is 126 Å². The van der Waals surface area contributed by atoms with Gasteiger partial charge in [0.25, 0.3) is 0 Å². The second-order valence-corrected chi connectivity index (χ2v) is 6.17. The monoisotopic (exact) mass is 378 g/mol. The topological polar surface area (TPSA) is 41.1 Å². The lowest BCUT2D eigenvalue weighted by Crippen LogP contribution is -2.30. The molecule has 1 aliphatic rings. The van der Waals surface area contributed by atoms with Gasteiger partial charge in [0.2, 0.25) is 5.91 Å². The first-order chi connectivity index (χ1) is 8.65. The summed E-state index contributed by atoms with van der Waals surface area (Å²) in [7, 11) is 0. The molecule has 1 aliphatic heterocycles. The molecule has 0 radical (unpaired) electrons. The van der Waals surface area contributed by atoms with Crippen LogP contribution in [0.2, 0.25) is 5.02 Å². The standard InChI is InChI=1S/C13H16ClIN2O/c14-10-1-2-12(11(15)8-10)17-13(18)7-9-3-5-16-6-4-9/h1-2,8-9,16H,3-7H2,(H,17,18). The Kier molecular flexibility index (Phi) is 5.26. The summed E-state index contributed by atoms with van der Waals surface area (Å²) in [5.41, 5.74) is 0.846. The summed E-state index contributed by atoms with van der Waals surface area (Å²) in [4.78, 5) is 11.9. The second-order valence-electron chi connectivity index (χ2n) is 4.57. The van der Waals surface area contributed by atoms with E-state index in [1.54, 1.807) is 6.07 Å². The number of piperidine rings is 1. The van der Waals surface area contributed by atoms with Crippen LogP contribution in [-0.2, 0) is 4.79 Å². The molecule has 0 aromatic heterocycles. The van der Waals surface area contributed by atoms with Gasteiger partial charge in [-0.15, -0.1) is 0 Å². The van der Waals surface area contributed by atoms with Crippen molar-refractivity contribution in [3.05, 3.63) is 26.8 Å². The third-order valence-electron chi connectivity index (χ3n) is 3.14. The number of nitrogens with one attached hydrogen (secondary N) is 2. The number of benzene rings is 1. The molecule has 0 saturated carbocycles. The van der Waals surface area contributed by atoms with Crippen LogP contribution in [0.25, 0.3) is 0 Å². The van der Waals surface area contributed by atoms with Crippen molar-refractivity contribution in [2.75, 3.05) is 18.4 Å². The number of carbonyl (C=O) groups is 1. The highest BCUT2D eigenvalue weighted by molar-refractivity contribution is 14.1. The lowest BCUT2D eigenvalue weighted by molar-refractivity contribution is -0.117. The van der Waals surface area contributed by atoms with E-state index in [-0.39, 0.29) is 5.91 Å². The van der Waals surface area contributed by atoms with E-state index in [1.165, 1.54) is 0 Å². The molecule has 0 bridgehead atoms. The minimum Gasteiger partial charge on any atom is -0.325 e. The minimum atomic E-state index is 0.0992. The van der Waals surface area contributed by atoms with E-state index in [9.17, 15) is 4.79 Å². The van der Waals surface area contributed by atoms with Crippen molar-refractivity contribution in [1.29, 1.82) is 0 Å². The fraction of sp³-hybridized carbons (Fsp3) is 0.462. The largest absolute Gasteiger partial charge is 0.325 e. The molecule has 1 saturated heterocycles. The van der Waals surface area contributed by atoms with Crippen LogP contribution in [0.15, 0.2) is 18.2 Å². The van der Waals surface area contributed by atoms with Crippen LogP contribution in [0.4, 0.5) is 5.69 Å². The smallest absolute Gasteiger partial charge is 0.224 e. The average molecular weight is 379 g/mol. The van der Waals surface area contributed by atoms with Crippen LogP contribution in [0, 0.1) is 9.49 Å². The molecule has 98 valence electrons. The van der Waals surface area contributed by atoms with Crippen LogP contribution in [-0.4, -0.2) is 19.0 Å². The summed E-state index contributed by atoms with van der Waals surface area (Å²) in [6.45, 7) is 2.05. The number of carbonyl (C=O) groups excluding carboxylic acids is 1. The Balaban J connectivity index is 1.90. The SMILES string of the molecule is O=C(CC1CCNCC1)Nc1ccc(Cl)cc1I. The number of amides is 1. The Hall–Kier alpha value is -0.330. The number of anilines is 1. The molecule has 0 unspecified atom stereocenters. The van der Waals surface area contributed by atoms with Gasteiger partial charge in [-0.3, -0.25) is 4.79 Å². The van der Waals surface area contributed by atoms with Crippen molar-refractivity contribution in [2.45, 2.75) is 19.3 Å². The number of hydrogen-bond donors (Lipinski definition) is 2. The van der Waals surface area contributed by atoms with Crippen molar-refractivity contribution >= 4 is 45.8 Å². The summed E-state index contributed by atoms with van der Waals surface area (Å²) in [5, 5.41) is 6.96. The molecule has 0 atom stereocenters. The highest BCUT2D eigenvalue weighted by Crippen LogP contribution is 2.23. The summed E-state index contributed by atoms with van der Waals surface area (Å²) in [6.07, 6.45) is 2.79. The first-order valence-electron chi connectivity index (χ1n) is 6.11. The van der Waals surface area contributed by atoms with Gasteiger partial charge in [-0.1, -0.05) is 11.6 Å². The Bertz CT molecular complexity index is 433. The summed E-state index contributed by atoms with van der Waals surface area (Å²) < 4.78 is 0.971. The van der Waals surface area contributed by atoms with Crippen LogP contribution in [0.3, 0.4) is 0 Å². The van der Waals surface area contributed by atoms with E-state index >= 15 is 0 Å². The minimum absolute atomic E-state index is 0.0992. The first-order valence-corrected chi connectivity index (χ1v) is 7.56. The van der Waals surface area contributed by atoms with Gasteiger partial charge in [-0.05, 0) is 72.6 Å². The highest BCUT2D eigenvalue weighted by Gasteiger charge is 2.17. The quantitative estimate of drug-likeness (QED) is 0.793. The molecule has 1 amide bonds. The Morgan fingerprint density at radius 3 is 2.83 bits per heavy atom. The molecule has 0 spiro atoms. The summed E-state index contributed by atoms with van der Waals surface area (Å²) in [5.74, 6) is 0.610. The zero-order valence-electron chi connectivity index (χ0n) is 10.0. The van der Waals surface area contributed by atoms with Crippen molar-refractivity contribution in [3.63, 3.8) is 0 Å². The van der Waals surface area contributed by atoms with Gasteiger partial charge in [-0.2, -0.15) is 0 Å². The highest BCUT2D eigenvalue weighted by atomic mass is 127. The molecule has 18 heavy (non-hydrogen) atoms. The molecule has 1 fully saturated rings. The fourth-order valence-electron chi connectivity index (χ4n) is 2.14. The van der Waals surface area contributed by atoms with Gasteiger partial charge in [0.05, 0.1) is 5.69 Å². The summed E-state index contributed by atoms with van der Waals surface area (Å²) >= 11 is 8.07. The van der Waals surface area contributed by atoms with E-state index in [0.717, 1.165) is 35.2 Å². The van der Waals surface area contributed by atoms with Crippen molar-refractivity contribution in [3.8, 4) is 0 Å². The molecule has 1 heterocycles. The van der Waals surface area contributed by atoms with Crippen molar-refractivity contribution in [1.82, 2.24) is 5.32 Å². The second kappa shape index (κ2) is 6.73. The Morgan fingerprint density at radius 2 is 2.17 bits per heavy atom. The van der Waals surface area contributed by atoms with Crippen LogP contribution < -0.4 is 10.6 Å². The zero-order chi connectivity index (χ0) is 13.0. The lowest BCUT2D eigenvalue weighted by atomic mass is 9.94. The van der Waals surface area contributed by atoms with Crippen LogP contribution in [0.5, 0.6) is 0 Å². The third kappa shape index (κ3) is 4.10. The van der Waals surface area contributed by atoms with Gasteiger partial charge in [0.15, 0.2) is 0 Å². The van der Waals surface area contributed by atoms with Gasteiger partial charge in [0, 0.05) is 15.0 Å². The van der Waals surface area contributed by atoms with Gasteiger partial charge < -0.3 is 10.6 Å². The van der Waals surface area contributed by atoms with E-state index in [0.29, 0.717) is 17.4 Å². The first kappa shape index (κ1) is 14.1. The molecular weight excluding hydrogens is 363 g/mol. The maximum atomic E-state index is 11.9. The van der Waals surface area contributed by atoms with E-state index in [2.05, 4.69) is 33.2 Å². The molecule has 2 rings (SSSR count). The average Bonchev–Trinajstić information content (AvgIpc) is 2.34. The van der Waals surface area contributed by atoms with Gasteiger partial charge in [0.1, 0.15) is 0 Å². The van der Waals surface area contributed by atoms with Crippen molar-refractivity contribution < 1.29 is 4.79 Å². The van der Waals surface area contributed by atoms with E-state index in [1.807, 2.05) is 12.1 Å². The Morgan fingerprint density at radius 1 is 1.44 bits per heavy atom. The molecule has 2 N–H and O–H groups in total. The van der Waals surface area contributed by atoms with Gasteiger partial charge >= 0.3 is 0 Å². The third-order valence-corrected chi connectivity index (χ3v) is 4.27. The predicted molar refractivity (Wildman–Crippen MR) is 83.0 cm³/mol. The molecule has 1 aromatic carbocycles.